The van der Waals surface area contributed by atoms with Crippen LogP contribution in [-0.2, 0) is 11.2 Å². The summed E-state index contributed by atoms with van der Waals surface area (Å²) in [7, 11) is 0. The molecule has 1 unspecified atom stereocenters. The smallest absolute Gasteiger partial charge is 0.263 e. The van der Waals surface area contributed by atoms with E-state index in [4.69, 9.17) is 9.72 Å². The van der Waals surface area contributed by atoms with Gasteiger partial charge in [0, 0.05) is 51.0 Å². The normalized spacial score (nSPS) is 21.4. The molecular weight excluding hydrogens is 378 g/mol. The number of benzene rings is 1. The van der Waals surface area contributed by atoms with Gasteiger partial charge in [0.15, 0.2) is 6.10 Å². The molecule has 158 valence electrons. The fourth-order valence-electron chi connectivity index (χ4n) is 4.61. The molecule has 0 spiro atoms. The van der Waals surface area contributed by atoms with E-state index in [1.54, 1.807) is 0 Å². The zero-order chi connectivity index (χ0) is 20.5. The zero-order valence-electron chi connectivity index (χ0n) is 17.6. The highest BCUT2D eigenvalue weighted by Crippen LogP contribution is 2.28. The monoisotopic (exact) mass is 407 g/mol. The van der Waals surface area contributed by atoms with Gasteiger partial charge >= 0.3 is 0 Å². The van der Waals surface area contributed by atoms with Gasteiger partial charge < -0.3 is 19.4 Å². The predicted molar refractivity (Wildman–Crippen MR) is 116 cm³/mol. The summed E-state index contributed by atoms with van der Waals surface area (Å²) < 4.78 is 6.01. The Bertz CT molecular complexity index is 920. The quantitative estimate of drug-likeness (QED) is 0.779. The molecule has 1 atom stereocenters. The third-order valence-corrected chi connectivity index (χ3v) is 6.33. The molecule has 0 N–H and O–H groups in total. The summed E-state index contributed by atoms with van der Waals surface area (Å²) in [6, 6.07) is 10.1. The van der Waals surface area contributed by atoms with Crippen molar-refractivity contribution in [1.29, 1.82) is 0 Å². The fraction of sp³-hybridized carbons (Fsp3) is 0.522. The second kappa shape index (κ2) is 8.13. The van der Waals surface area contributed by atoms with E-state index in [-0.39, 0.29) is 12.0 Å². The lowest BCUT2D eigenvalue weighted by Crippen LogP contribution is -2.53. The van der Waals surface area contributed by atoms with Gasteiger partial charge in [-0.1, -0.05) is 18.2 Å². The molecule has 7 nitrogen and oxygen atoms in total. The second-order valence-corrected chi connectivity index (χ2v) is 8.43. The Morgan fingerprint density at radius 3 is 2.57 bits per heavy atom. The van der Waals surface area contributed by atoms with E-state index in [0.717, 1.165) is 62.2 Å². The Morgan fingerprint density at radius 1 is 1.00 bits per heavy atom. The first kappa shape index (κ1) is 19.2. The average Bonchev–Trinajstić information content (AvgIpc) is 3.33. The van der Waals surface area contributed by atoms with Crippen LogP contribution in [-0.4, -0.2) is 66.1 Å². The molecule has 2 aromatic rings. The van der Waals surface area contributed by atoms with Crippen LogP contribution in [0.1, 0.15) is 30.5 Å². The highest BCUT2D eigenvalue weighted by Gasteiger charge is 2.32. The summed E-state index contributed by atoms with van der Waals surface area (Å²) in [5.74, 6) is 2.77. The number of carbonyl (C=O) groups is 1. The molecule has 30 heavy (non-hydrogen) atoms. The van der Waals surface area contributed by atoms with Crippen molar-refractivity contribution >= 4 is 17.7 Å². The molecule has 7 heteroatoms. The van der Waals surface area contributed by atoms with Gasteiger partial charge in [-0.2, -0.15) is 4.98 Å². The lowest BCUT2D eigenvalue weighted by Gasteiger charge is -2.37. The van der Waals surface area contributed by atoms with Gasteiger partial charge in [-0.05, 0) is 44.2 Å². The number of ether oxygens (including phenoxy) is 1. The lowest BCUT2D eigenvalue weighted by molar-refractivity contribution is -0.139. The van der Waals surface area contributed by atoms with Crippen molar-refractivity contribution in [3.05, 3.63) is 41.6 Å². The largest absolute Gasteiger partial charge is 0.480 e. The number of aryl methyl sites for hydroxylation is 2. The number of carbonyl (C=O) groups excluding carboxylic acids is 1. The highest BCUT2D eigenvalue weighted by atomic mass is 16.5. The zero-order valence-corrected chi connectivity index (χ0v) is 17.6. The number of para-hydroxylation sites is 1. The van der Waals surface area contributed by atoms with Crippen LogP contribution in [0.4, 0.5) is 11.8 Å². The third-order valence-electron chi connectivity index (χ3n) is 6.33. The van der Waals surface area contributed by atoms with Crippen LogP contribution in [0.2, 0.25) is 0 Å². The molecule has 0 aliphatic carbocycles. The first-order valence-electron chi connectivity index (χ1n) is 11.1. The van der Waals surface area contributed by atoms with Crippen LogP contribution in [0, 0.1) is 6.92 Å². The van der Waals surface area contributed by atoms with Crippen molar-refractivity contribution in [2.24, 2.45) is 0 Å². The van der Waals surface area contributed by atoms with Gasteiger partial charge in [-0.15, -0.1) is 0 Å². The summed E-state index contributed by atoms with van der Waals surface area (Å²) in [6.45, 7) is 7.03. The molecule has 3 aliphatic rings. The van der Waals surface area contributed by atoms with Crippen LogP contribution >= 0.6 is 0 Å². The van der Waals surface area contributed by atoms with Crippen LogP contribution in [0.5, 0.6) is 5.75 Å². The standard InChI is InChI=1S/C23H29N5O2/c1-17-16-21(26-10-4-5-11-26)25-23(24-17)28-14-12-27(13-15-28)22(29)20-9-8-18-6-2-3-7-19(18)30-20/h2-3,6-7,16,20H,4-5,8-15H2,1H3. The Hall–Kier alpha value is -2.83. The Morgan fingerprint density at radius 2 is 1.77 bits per heavy atom. The van der Waals surface area contributed by atoms with Crippen LogP contribution in [0.3, 0.4) is 0 Å². The maximum Gasteiger partial charge on any atom is 0.263 e. The topological polar surface area (TPSA) is 61.8 Å². The SMILES string of the molecule is Cc1cc(N2CCCC2)nc(N2CCN(C(=O)C3CCc4ccccc4O3)CC2)n1. The summed E-state index contributed by atoms with van der Waals surface area (Å²) in [4.78, 5) is 29.0. The lowest BCUT2D eigenvalue weighted by atomic mass is 10.0. The molecule has 0 saturated carbocycles. The maximum atomic E-state index is 13.0. The molecule has 1 aromatic carbocycles. The molecule has 3 aliphatic heterocycles. The molecule has 4 heterocycles. The number of rotatable bonds is 3. The number of amides is 1. The van der Waals surface area contributed by atoms with Crippen LogP contribution < -0.4 is 14.5 Å². The van der Waals surface area contributed by atoms with E-state index in [2.05, 4.69) is 26.9 Å². The number of nitrogens with zero attached hydrogens (tertiary/aromatic N) is 5. The number of fused-ring (bicyclic) bond motifs is 1. The van der Waals surface area contributed by atoms with Gasteiger partial charge in [-0.25, -0.2) is 4.98 Å². The number of aromatic nitrogens is 2. The van der Waals surface area contributed by atoms with Gasteiger partial charge in [0.2, 0.25) is 5.95 Å². The van der Waals surface area contributed by atoms with Crippen molar-refractivity contribution in [2.45, 2.75) is 38.7 Å². The molecular formula is C23H29N5O2. The summed E-state index contributed by atoms with van der Waals surface area (Å²) in [5, 5.41) is 0. The summed E-state index contributed by atoms with van der Waals surface area (Å²) >= 11 is 0. The van der Waals surface area contributed by atoms with E-state index < -0.39 is 0 Å². The number of hydrogen-bond acceptors (Lipinski definition) is 6. The summed E-state index contributed by atoms with van der Waals surface area (Å²) in [6.07, 6.45) is 3.72. The first-order chi connectivity index (χ1) is 14.7. The van der Waals surface area contributed by atoms with E-state index in [1.807, 2.05) is 30.0 Å². The van der Waals surface area contributed by atoms with E-state index in [9.17, 15) is 4.79 Å². The van der Waals surface area contributed by atoms with Crippen molar-refractivity contribution < 1.29 is 9.53 Å². The minimum atomic E-state index is -0.372. The van der Waals surface area contributed by atoms with Crippen molar-refractivity contribution in [2.75, 3.05) is 49.1 Å². The van der Waals surface area contributed by atoms with Gasteiger partial charge in [0.25, 0.3) is 5.91 Å². The van der Waals surface area contributed by atoms with Gasteiger partial charge in [0.1, 0.15) is 11.6 Å². The third kappa shape index (κ3) is 3.80. The Labute approximate surface area is 177 Å². The molecule has 2 fully saturated rings. The molecule has 1 amide bonds. The fourth-order valence-corrected chi connectivity index (χ4v) is 4.61. The molecule has 0 radical (unpaired) electrons. The molecule has 5 rings (SSSR count). The maximum absolute atomic E-state index is 13.0. The van der Waals surface area contributed by atoms with Crippen molar-refractivity contribution in [3.63, 3.8) is 0 Å². The highest BCUT2D eigenvalue weighted by molar-refractivity contribution is 5.82. The van der Waals surface area contributed by atoms with Crippen LogP contribution in [0.15, 0.2) is 30.3 Å². The number of anilines is 2. The van der Waals surface area contributed by atoms with Crippen LogP contribution in [0.25, 0.3) is 0 Å². The number of hydrogen-bond donors (Lipinski definition) is 0. The summed E-state index contributed by atoms with van der Waals surface area (Å²) in [5.41, 5.74) is 2.19. The van der Waals surface area contributed by atoms with Crippen molar-refractivity contribution in [1.82, 2.24) is 14.9 Å². The van der Waals surface area contributed by atoms with E-state index >= 15 is 0 Å². The van der Waals surface area contributed by atoms with Crippen molar-refractivity contribution in [3.8, 4) is 5.75 Å². The van der Waals surface area contributed by atoms with Gasteiger partial charge in [0.05, 0.1) is 0 Å². The average molecular weight is 408 g/mol. The number of piperazine rings is 1. The Kier molecular flexibility index (Phi) is 5.19. The first-order valence-corrected chi connectivity index (χ1v) is 11.1. The van der Waals surface area contributed by atoms with Gasteiger partial charge in [-0.3, -0.25) is 4.79 Å². The molecule has 1 aromatic heterocycles. The minimum absolute atomic E-state index is 0.104. The molecule has 2 saturated heterocycles. The molecule has 0 bridgehead atoms. The second-order valence-electron chi connectivity index (χ2n) is 8.43. The predicted octanol–water partition coefficient (Wildman–Crippen LogP) is 2.43. The van der Waals surface area contributed by atoms with E-state index in [1.165, 1.54) is 18.4 Å². The minimum Gasteiger partial charge on any atom is -0.480 e. The Balaban J connectivity index is 1.22. The van der Waals surface area contributed by atoms with E-state index in [0.29, 0.717) is 13.1 Å².